The lowest BCUT2D eigenvalue weighted by Crippen LogP contribution is -2.45. The fourth-order valence-electron chi connectivity index (χ4n) is 2.13. The molecule has 0 aromatic rings. The molecule has 4 nitrogen and oxygen atoms in total. The van der Waals surface area contributed by atoms with Crippen LogP contribution in [0.1, 0.15) is 32.6 Å². The molecule has 0 aromatic heterocycles. The van der Waals surface area contributed by atoms with Crippen LogP contribution < -0.4 is 5.32 Å². The molecule has 88 valence electrons. The van der Waals surface area contributed by atoms with Gasteiger partial charge in [-0.15, -0.1) is 0 Å². The van der Waals surface area contributed by atoms with Crippen LogP contribution in [0.4, 0.5) is 0 Å². The van der Waals surface area contributed by atoms with Crippen LogP contribution in [0, 0.1) is 0 Å². The molecule has 0 bridgehead atoms. The number of aliphatic hydroxyl groups is 1. The molecule has 0 radical (unpaired) electrons. The Morgan fingerprint density at radius 1 is 1.67 bits per heavy atom. The SMILES string of the molecule is CNC(C)C(=O)N1CCCC1CCCO. The second-order valence-electron chi connectivity index (χ2n) is 4.20. The normalized spacial score (nSPS) is 23.1. The zero-order valence-electron chi connectivity index (χ0n) is 9.70. The predicted octanol–water partition coefficient (Wildman–Crippen LogP) is 0.358. The highest BCUT2D eigenvalue weighted by Crippen LogP contribution is 2.21. The van der Waals surface area contributed by atoms with Gasteiger partial charge < -0.3 is 15.3 Å². The average Bonchev–Trinajstić information content (AvgIpc) is 2.72. The van der Waals surface area contributed by atoms with Gasteiger partial charge in [0.05, 0.1) is 6.04 Å². The van der Waals surface area contributed by atoms with Gasteiger partial charge >= 0.3 is 0 Å². The summed E-state index contributed by atoms with van der Waals surface area (Å²) in [6.07, 6.45) is 3.90. The smallest absolute Gasteiger partial charge is 0.239 e. The molecule has 1 aliphatic rings. The van der Waals surface area contributed by atoms with Crippen molar-refractivity contribution in [2.45, 2.75) is 44.7 Å². The fourth-order valence-corrected chi connectivity index (χ4v) is 2.13. The summed E-state index contributed by atoms with van der Waals surface area (Å²) < 4.78 is 0. The van der Waals surface area contributed by atoms with Crippen LogP contribution in [-0.4, -0.2) is 48.2 Å². The molecule has 1 fully saturated rings. The van der Waals surface area contributed by atoms with Gasteiger partial charge in [-0.1, -0.05) is 0 Å². The van der Waals surface area contributed by atoms with Crippen LogP contribution in [0.3, 0.4) is 0 Å². The monoisotopic (exact) mass is 214 g/mol. The Labute approximate surface area is 91.6 Å². The van der Waals surface area contributed by atoms with E-state index < -0.39 is 0 Å². The second kappa shape index (κ2) is 6.08. The van der Waals surface area contributed by atoms with Gasteiger partial charge in [-0.25, -0.2) is 0 Å². The van der Waals surface area contributed by atoms with Gasteiger partial charge in [0.15, 0.2) is 0 Å². The Morgan fingerprint density at radius 3 is 3.00 bits per heavy atom. The molecule has 1 rings (SSSR count). The lowest BCUT2D eigenvalue weighted by atomic mass is 10.1. The zero-order chi connectivity index (χ0) is 11.3. The Hall–Kier alpha value is -0.610. The highest BCUT2D eigenvalue weighted by Gasteiger charge is 2.30. The van der Waals surface area contributed by atoms with E-state index in [2.05, 4.69) is 5.32 Å². The fraction of sp³-hybridized carbons (Fsp3) is 0.909. The summed E-state index contributed by atoms with van der Waals surface area (Å²) in [5.41, 5.74) is 0. The Balaban J connectivity index is 2.48. The minimum Gasteiger partial charge on any atom is -0.396 e. The molecule has 1 amide bonds. The molecule has 0 spiro atoms. The Morgan fingerprint density at radius 2 is 2.40 bits per heavy atom. The Bertz CT molecular complexity index is 209. The molecule has 0 saturated carbocycles. The van der Waals surface area contributed by atoms with Crippen molar-refractivity contribution in [3.05, 3.63) is 0 Å². The summed E-state index contributed by atoms with van der Waals surface area (Å²) >= 11 is 0. The Kier molecular flexibility index (Phi) is 5.05. The first-order valence-electron chi connectivity index (χ1n) is 5.79. The van der Waals surface area contributed by atoms with Gasteiger partial charge in [0.2, 0.25) is 5.91 Å². The highest BCUT2D eigenvalue weighted by atomic mass is 16.3. The number of aliphatic hydroxyl groups excluding tert-OH is 1. The second-order valence-corrected chi connectivity index (χ2v) is 4.20. The van der Waals surface area contributed by atoms with Crippen molar-refractivity contribution in [1.82, 2.24) is 10.2 Å². The summed E-state index contributed by atoms with van der Waals surface area (Å²) in [5.74, 6) is 0.193. The van der Waals surface area contributed by atoms with Crippen molar-refractivity contribution < 1.29 is 9.90 Å². The van der Waals surface area contributed by atoms with E-state index in [9.17, 15) is 4.79 Å². The van der Waals surface area contributed by atoms with E-state index >= 15 is 0 Å². The van der Waals surface area contributed by atoms with Crippen molar-refractivity contribution in [1.29, 1.82) is 0 Å². The van der Waals surface area contributed by atoms with Gasteiger partial charge in [-0.05, 0) is 39.7 Å². The van der Waals surface area contributed by atoms with E-state index in [0.29, 0.717) is 6.04 Å². The first-order chi connectivity index (χ1) is 7.20. The molecule has 1 heterocycles. The lowest BCUT2D eigenvalue weighted by Gasteiger charge is -2.27. The van der Waals surface area contributed by atoms with Crippen LogP contribution in [-0.2, 0) is 4.79 Å². The van der Waals surface area contributed by atoms with Gasteiger partial charge in [0, 0.05) is 19.2 Å². The quantitative estimate of drug-likeness (QED) is 0.694. The van der Waals surface area contributed by atoms with Crippen LogP contribution in [0.2, 0.25) is 0 Å². The summed E-state index contributed by atoms with van der Waals surface area (Å²) in [6.45, 7) is 2.99. The number of rotatable bonds is 5. The van der Waals surface area contributed by atoms with E-state index in [4.69, 9.17) is 5.11 Å². The third-order valence-corrected chi connectivity index (χ3v) is 3.16. The van der Waals surface area contributed by atoms with E-state index in [1.807, 2.05) is 11.8 Å². The van der Waals surface area contributed by atoms with Crippen molar-refractivity contribution >= 4 is 5.91 Å². The molecule has 2 atom stereocenters. The lowest BCUT2D eigenvalue weighted by molar-refractivity contribution is -0.133. The highest BCUT2D eigenvalue weighted by molar-refractivity contribution is 5.82. The van der Waals surface area contributed by atoms with E-state index in [1.54, 1.807) is 7.05 Å². The molecule has 1 aliphatic heterocycles. The molecule has 0 aromatic carbocycles. The van der Waals surface area contributed by atoms with Gasteiger partial charge in [-0.2, -0.15) is 0 Å². The molecule has 15 heavy (non-hydrogen) atoms. The largest absolute Gasteiger partial charge is 0.396 e. The third kappa shape index (κ3) is 3.18. The average molecular weight is 214 g/mol. The topological polar surface area (TPSA) is 52.6 Å². The minimum atomic E-state index is -0.0975. The summed E-state index contributed by atoms with van der Waals surface area (Å²) in [5, 5.41) is 11.8. The number of carbonyl (C=O) groups excluding carboxylic acids is 1. The minimum absolute atomic E-state index is 0.0975. The van der Waals surface area contributed by atoms with Crippen molar-refractivity contribution in [2.24, 2.45) is 0 Å². The number of hydrogen-bond donors (Lipinski definition) is 2. The molecule has 2 unspecified atom stereocenters. The summed E-state index contributed by atoms with van der Waals surface area (Å²) in [7, 11) is 1.81. The maximum absolute atomic E-state index is 12.0. The predicted molar refractivity (Wildman–Crippen MR) is 59.6 cm³/mol. The number of carbonyl (C=O) groups is 1. The number of likely N-dealkylation sites (N-methyl/N-ethyl adjacent to an activating group) is 1. The van der Waals surface area contributed by atoms with Crippen molar-refractivity contribution in [3.8, 4) is 0 Å². The molecule has 2 N–H and O–H groups in total. The maximum atomic E-state index is 12.0. The summed E-state index contributed by atoms with van der Waals surface area (Å²) in [4.78, 5) is 13.9. The van der Waals surface area contributed by atoms with Gasteiger partial charge in [0.25, 0.3) is 0 Å². The summed E-state index contributed by atoms with van der Waals surface area (Å²) in [6, 6.07) is 0.250. The maximum Gasteiger partial charge on any atom is 0.239 e. The number of nitrogens with zero attached hydrogens (tertiary/aromatic N) is 1. The van der Waals surface area contributed by atoms with Crippen molar-refractivity contribution in [3.63, 3.8) is 0 Å². The standard InChI is InChI=1S/C11H22N2O2/c1-9(12-2)11(15)13-7-3-5-10(13)6-4-8-14/h9-10,12,14H,3-8H2,1-2H3. The molecule has 4 heteroatoms. The number of amides is 1. The van der Waals surface area contributed by atoms with Crippen LogP contribution >= 0.6 is 0 Å². The number of hydrogen-bond acceptors (Lipinski definition) is 3. The van der Waals surface area contributed by atoms with E-state index in [-0.39, 0.29) is 18.6 Å². The van der Waals surface area contributed by atoms with Crippen LogP contribution in [0.5, 0.6) is 0 Å². The zero-order valence-corrected chi connectivity index (χ0v) is 9.70. The molecule has 0 aliphatic carbocycles. The van der Waals surface area contributed by atoms with Gasteiger partial charge in [0.1, 0.15) is 0 Å². The van der Waals surface area contributed by atoms with E-state index in [0.717, 1.165) is 32.2 Å². The molecular formula is C11H22N2O2. The van der Waals surface area contributed by atoms with Crippen LogP contribution in [0.15, 0.2) is 0 Å². The number of nitrogens with one attached hydrogen (secondary N) is 1. The molecule has 1 saturated heterocycles. The van der Waals surface area contributed by atoms with Crippen molar-refractivity contribution in [2.75, 3.05) is 20.2 Å². The molecular weight excluding hydrogens is 192 g/mol. The van der Waals surface area contributed by atoms with E-state index in [1.165, 1.54) is 0 Å². The first kappa shape index (κ1) is 12.5. The first-order valence-corrected chi connectivity index (χ1v) is 5.79. The number of likely N-dealkylation sites (tertiary alicyclic amines) is 1. The third-order valence-electron chi connectivity index (χ3n) is 3.16. The van der Waals surface area contributed by atoms with Crippen LogP contribution in [0.25, 0.3) is 0 Å². The van der Waals surface area contributed by atoms with Gasteiger partial charge in [-0.3, -0.25) is 4.79 Å².